The molecule has 596 valence electrons. The number of carbonyl (C=O) groups excluding carboxylic acids is 10. The molecule has 3 saturated carbocycles. The number of nitrogens with one attached hydrogen (secondary N) is 7. The Bertz CT molecular complexity index is 3350. The standard InChI is InChI=1S/C77H114F2N8O20/c1-11-18-64-106-62-40-50-42-76(79,74(9)28-26-52(88)41-56(74)57(78)12-2)60(89)43-75(50,10)77(62,107-64)61(90)46-103-69(95)73(7,8)87-67(93)59(39-47(3)4)85-72(98)104-44-49-22-24-51(25-23-49)83-66(92)58(21-17-29-81-70(80)96)84-68(94)65(48(5)6)86-63(91)27-31-99-33-35-101-37-38-102-36-34-100-32-30-82-71(97)105-45-55-53-19-15-13-14-16-20-54(53)55/h22-26,28,41,47-48,50,53-55,57-60,62,64-65,89H,11-12,15-21,27,29-40,42-46H2,1-10H3,(H,82,97)(H,83,92)(H,84,94)(H,85,98)(H,86,91)(H,87,93)(H3,80,81,96)/t50?,53-,54+,55-,57-,58-,59-,60-,62+,64?,65-,74-,75-,76-,77+/m0/s1. The highest BCUT2D eigenvalue weighted by molar-refractivity contribution is 6.02. The van der Waals surface area contributed by atoms with Crippen molar-refractivity contribution in [3.05, 3.63) is 53.6 Å². The number of ether oxygens (including phenoxy) is 9. The van der Waals surface area contributed by atoms with Crippen LogP contribution in [0.5, 0.6) is 0 Å². The number of primary amides is 1. The molecule has 6 aliphatic rings. The summed E-state index contributed by atoms with van der Waals surface area (Å²) < 4.78 is 85.2. The summed E-state index contributed by atoms with van der Waals surface area (Å²) in [5, 5.41) is 30.6. The van der Waals surface area contributed by atoms with E-state index in [0.717, 1.165) is 31.8 Å². The number of urea groups is 1. The van der Waals surface area contributed by atoms with Gasteiger partial charge < -0.3 is 90.7 Å². The molecular formula is C77H114F2N8O20. The Morgan fingerprint density at radius 1 is 0.776 bits per heavy atom. The zero-order chi connectivity index (χ0) is 78.3. The fourth-order valence-corrected chi connectivity index (χ4v) is 15.3. The zero-order valence-electron chi connectivity index (χ0n) is 63.7. The first kappa shape index (κ1) is 86.6. The van der Waals surface area contributed by atoms with E-state index in [0.29, 0.717) is 88.0 Å². The number of aliphatic hydroxyl groups is 1. The number of hydrogen-bond donors (Lipinski definition) is 9. The van der Waals surface area contributed by atoms with Gasteiger partial charge in [-0.15, -0.1) is 11.8 Å². The van der Waals surface area contributed by atoms with Crippen LogP contribution in [0.3, 0.4) is 0 Å². The molecule has 0 radical (unpaired) electrons. The predicted molar refractivity (Wildman–Crippen MR) is 388 cm³/mol. The van der Waals surface area contributed by atoms with Crippen LogP contribution in [0.1, 0.15) is 165 Å². The monoisotopic (exact) mass is 1510 g/mol. The number of esters is 1. The molecule has 10 N–H and O–H groups in total. The van der Waals surface area contributed by atoms with Crippen LogP contribution in [0.4, 0.5) is 28.9 Å². The molecule has 8 amide bonds. The van der Waals surface area contributed by atoms with Gasteiger partial charge in [0, 0.05) is 48.9 Å². The minimum Gasteiger partial charge on any atom is -0.456 e. The smallest absolute Gasteiger partial charge is 0.408 e. The molecule has 1 aliphatic heterocycles. The number of hydrogen-bond acceptors (Lipinski definition) is 20. The number of nitrogens with two attached hydrogens (primary N) is 1. The third-order valence-corrected chi connectivity index (χ3v) is 21.4. The second-order valence-corrected chi connectivity index (χ2v) is 30.4. The zero-order valence-corrected chi connectivity index (χ0v) is 63.7. The fraction of sp³-hybridized carbons (Fsp3) is 0.714. The molecule has 0 bridgehead atoms. The lowest BCUT2D eigenvalue weighted by atomic mass is 9.51. The maximum absolute atomic E-state index is 17.9. The molecule has 1 heterocycles. The second-order valence-electron chi connectivity index (χ2n) is 30.4. The number of ketones is 2. The summed E-state index contributed by atoms with van der Waals surface area (Å²) in [5.74, 6) is 2.09. The minimum absolute atomic E-state index is 0.0301. The summed E-state index contributed by atoms with van der Waals surface area (Å²) in [6.07, 6.45) is 1.69. The highest BCUT2D eigenvalue weighted by Gasteiger charge is 2.76. The molecule has 1 aromatic carbocycles. The Balaban J connectivity index is 0.814. The summed E-state index contributed by atoms with van der Waals surface area (Å²) in [4.78, 5) is 133. The van der Waals surface area contributed by atoms with Crippen molar-refractivity contribution in [1.29, 1.82) is 0 Å². The van der Waals surface area contributed by atoms with E-state index < -0.39 is 148 Å². The van der Waals surface area contributed by atoms with Crippen LogP contribution in [-0.4, -0.2) is 203 Å². The molecular weight excluding hydrogens is 1390 g/mol. The van der Waals surface area contributed by atoms with Gasteiger partial charge in [0.15, 0.2) is 24.3 Å². The fourth-order valence-electron chi connectivity index (χ4n) is 15.3. The Morgan fingerprint density at radius 2 is 1.42 bits per heavy atom. The van der Waals surface area contributed by atoms with Crippen LogP contribution in [0, 0.1) is 58.2 Å². The van der Waals surface area contributed by atoms with Crippen molar-refractivity contribution in [2.24, 2.45) is 52.1 Å². The lowest BCUT2D eigenvalue weighted by Crippen LogP contribution is -2.65. The summed E-state index contributed by atoms with van der Waals surface area (Å²) in [6, 6.07) is 2.03. The number of benzene rings is 1. The van der Waals surface area contributed by atoms with Gasteiger partial charge in [0.05, 0.1) is 71.7 Å². The molecule has 2 unspecified atom stereocenters. The lowest BCUT2D eigenvalue weighted by Gasteiger charge is -2.56. The van der Waals surface area contributed by atoms with Crippen molar-refractivity contribution < 1.29 is 104 Å². The first-order chi connectivity index (χ1) is 50.8. The number of rotatable bonds is 43. The van der Waals surface area contributed by atoms with E-state index in [-0.39, 0.29) is 95.8 Å². The first-order valence-corrected chi connectivity index (χ1v) is 37.8. The largest absolute Gasteiger partial charge is 0.456 e. The van der Waals surface area contributed by atoms with E-state index in [1.165, 1.54) is 45.1 Å². The van der Waals surface area contributed by atoms with Gasteiger partial charge >= 0.3 is 24.2 Å². The van der Waals surface area contributed by atoms with E-state index in [4.69, 9.17) is 48.4 Å². The van der Waals surface area contributed by atoms with Crippen LogP contribution in [0.25, 0.3) is 0 Å². The third kappa shape index (κ3) is 23.2. The van der Waals surface area contributed by atoms with Crippen LogP contribution in [0.15, 0.2) is 48.1 Å². The van der Waals surface area contributed by atoms with Gasteiger partial charge in [0.25, 0.3) is 0 Å². The van der Waals surface area contributed by atoms with Gasteiger partial charge in [0.1, 0.15) is 42.1 Å². The van der Waals surface area contributed by atoms with Gasteiger partial charge in [-0.3, -0.25) is 28.8 Å². The summed E-state index contributed by atoms with van der Waals surface area (Å²) in [5.41, 5.74) is -3.12. The average molecular weight is 1510 g/mol. The van der Waals surface area contributed by atoms with Crippen molar-refractivity contribution in [1.82, 2.24) is 31.9 Å². The van der Waals surface area contributed by atoms with Gasteiger partial charge in [-0.25, -0.2) is 28.0 Å². The molecule has 0 spiro atoms. The molecule has 15 atom stereocenters. The number of fused-ring (bicyclic) bond motifs is 4. The van der Waals surface area contributed by atoms with Gasteiger partial charge in [-0.05, 0) is 156 Å². The van der Waals surface area contributed by atoms with E-state index in [1.807, 2.05) is 20.8 Å². The maximum Gasteiger partial charge on any atom is 0.408 e. The Hall–Kier alpha value is -7.66. The topological polar surface area (TPSA) is 384 Å². The molecule has 28 nitrogen and oxygen atoms in total. The molecule has 5 aliphatic carbocycles. The number of Topliss-reactive ketones (excluding diaryl/α,β-unsaturated/α-hetero) is 1. The molecule has 4 fully saturated rings. The summed E-state index contributed by atoms with van der Waals surface area (Å²) >= 11 is 0. The number of allylic oxidation sites excluding steroid dienone is 4. The molecule has 1 aromatic rings. The maximum atomic E-state index is 17.9. The van der Waals surface area contributed by atoms with E-state index in [2.05, 4.69) is 49.1 Å². The number of carbonyl (C=O) groups is 10. The van der Waals surface area contributed by atoms with E-state index in [1.54, 1.807) is 39.8 Å². The van der Waals surface area contributed by atoms with Crippen LogP contribution in [0.2, 0.25) is 0 Å². The molecule has 0 aromatic heterocycles. The van der Waals surface area contributed by atoms with Gasteiger partial charge in [0.2, 0.25) is 29.4 Å². The molecule has 30 heteroatoms. The second kappa shape index (κ2) is 40.1. The van der Waals surface area contributed by atoms with E-state index >= 15 is 8.78 Å². The quantitative estimate of drug-likeness (QED) is 0.0138. The molecule has 7 rings (SSSR count). The lowest BCUT2D eigenvalue weighted by molar-refractivity contribution is -0.205. The number of alkyl halides is 2. The highest BCUT2D eigenvalue weighted by Crippen LogP contribution is 2.68. The number of alkyl carbamates (subject to hydrolysis) is 2. The average Bonchev–Trinajstić information content (AvgIpc) is 1.53. The van der Waals surface area contributed by atoms with Crippen LogP contribution in [-0.2, 0) is 82.8 Å². The van der Waals surface area contributed by atoms with Crippen molar-refractivity contribution in [3.63, 3.8) is 0 Å². The van der Waals surface area contributed by atoms with Crippen molar-refractivity contribution in [2.75, 3.05) is 84.5 Å². The van der Waals surface area contributed by atoms with Crippen LogP contribution < -0.4 is 43.0 Å². The number of aliphatic hydroxyl groups excluding tert-OH is 1. The molecule has 107 heavy (non-hydrogen) atoms. The van der Waals surface area contributed by atoms with Crippen molar-refractivity contribution >= 4 is 65.1 Å². The Morgan fingerprint density at radius 3 is 2.04 bits per heavy atom. The van der Waals surface area contributed by atoms with Crippen LogP contribution >= 0.6 is 0 Å². The van der Waals surface area contributed by atoms with Crippen molar-refractivity contribution in [3.8, 4) is 11.8 Å². The molecule has 1 saturated heterocycles. The summed E-state index contributed by atoms with van der Waals surface area (Å²) in [6.45, 7) is 18.3. The number of halogens is 2. The van der Waals surface area contributed by atoms with Crippen molar-refractivity contribution in [2.45, 2.75) is 225 Å². The summed E-state index contributed by atoms with van der Waals surface area (Å²) in [7, 11) is 0. The first-order valence-electron chi connectivity index (χ1n) is 37.8. The SMILES string of the molecule is CCCC1O[C@@H]2CC3C[C@@](F)([C@@]4(C)C=CC(=O)C=C4[C@@H](F)CC)[C@@H](O)C[C@]3(C)[C@]2(C(=O)COC(=O)C(C)(C)NC(=O)[C@H](CC(C)C)NC(=O)OCc2ccc(NC(=O)[C@H](CCCNC(N)=O)NC(=O)[C@@H](NC(=O)CCOCCOCCOCCOCCNC(=O)OC[C@@H]3[C@@H]4CCC#CCC[C@@H]43)C(C)C)cc2)O1. The third-order valence-electron chi connectivity index (χ3n) is 21.4. The Kier molecular flexibility index (Phi) is 32.5. The highest BCUT2D eigenvalue weighted by atomic mass is 19.1. The van der Waals surface area contributed by atoms with Gasteiger partial charge in [-0.1, -0.05) is 73.1 Å². The predicted octanol–water partition coefficient (Wildman–Crippen LogP) is 6.96. The number of amides is 8. The normalized spacial score (nSPS) is 26.7. The van der Waals surface area contributed by atoms with Gasteiger partial charge in [-0.2, -0.15) is 0 Å². The Labute approximate surface area is 626 Å². The van der Waals surface area contributed by atoms with E-state index in [9.17, 15) is 53.1 Å². The number of anilines is 1. The minimum atomic E-state index is -2.48.